The Morgan fingerprint density at radius 1 is 0.818 bits per heavy atom. The maximum Gasteiger partial charge on any atom is 0.135 e. The van der Waals surface area contributed by atoms with Crippen molar-refractivity contribution in [3.05, 3.63) is 73.8 Å². The smallest absolute Gasteiger partial charge is 0.135 e. The fourth-order valence-electron chi connectivity index (χ4n) is 2.06. The van der Waals surface area contributed by atoms with E-state index < -0.39 is 0 Å². The van der Waals surface area contributed by atoms with E-state index in [2.05, 4.69) is 53.1 Å². The van der Waals surface area contributed by atoms with Crippen LogP contribution in [0.25, 0.3) is 11.3 Å². The lowest BCUT2D eigenvalue weighted by atomic mass is 10.2. The summed E-state index contributed by atoms with van der Waals surface area (Å²) in [5.41, 5.74) is 2.10. The van der Waals surface area contributed by atoms with E-state index in [4.69, 9.17) is 4.42 Å². The standard InChI is InChI=1S/C17H12Br3NO/c18-11-1-4-13(5-2-11)21-10-14-6-8-17(22-14)15-7-3-12(19)9-16(15)20/h1-9,21H,10H2. The molecule has 0 unspecified atom stereocenters. The van der Waals surface area contributed by atoms with Gasteiger partial charge in [-0.1, -0.05) is 31.9 Å². The van der Waals surface area contributed by atoms with Gasteiger partial charge >= 0.3 is 0 Å². The molecule has 22 heavy (non-hydrogen) atoms. The van der Waals surface area contributed by atoms with E-state index in [9.17, 15) is 0 Å². The van der Waals surface area contributed by atoms with E-state index >= 15 is 0 Å². The molecule has 2 nitrogen and oxygen atoms in total. The van der Waals surface area contributed by atoms with Crippen LogP contribution in [0, 0.1) is 0 Å². The Bertz CT molecular complexity index is 781. The number of halogens is 3. The number of hydrogen-bond acceptors (Lipinski definition) is 2. The van der Waals surface area contributed by atoms with Gasteiger partial charge in [-0.3, -0.25) is 0 Å². The fraction of sp³-hybridized carbons (Fsp3) is 0.0588. The predicted octanol–water partition coefficient (Wildman–Crippen LogP) is 6.85. The van der Waals surface area contributed by atoms with Gasteiger partial charge in [0.1, 0.15) is 11.5 Å². The van der Waals surface area contributed by atoms with Gasteiger partial charge in [0.25, 0.3) is 0 Å². The molecule has 3 aromatic rings. The molecule has 0 bridgehead atoms. The average Bonchev–Trinajstić information content (AvgIpc) is 2.95. The molecule has 0 aliphatic rings. The quantitative estimate of drug-likeness (QED) is 0.437. The largest absolute Gasteiger partial charge is 0.459 e. The van der Waals surface area contributed by atoms with Gasteiger partial charge in [0.15, 0.2) is 0 Å². The molecule has 1 heterocycles. The maximum atomic E-state index is 5.92. The first-order chi connectivity index (χ1) is 10.6. The van der Waals surface area contributed by atoms with E-state index in [0.717, 1.165) is 36.2 Å². The van der Waals surface area contributed by atoms with Crippen LogP contribution < -0.4 is 5.32 Å². The minimum Gasteiger partial charge on any atom is -0.459 e. The molecule has 2 aromatic carbocycles. The zero-order valence-corrected chi connectivity index (χ0v) is 16.2. The first-order valence-corrected chi connectivity index (χ1v) is 9.03. The van der Waals surface area contributed by atoms with Crippen LogP contribution in [0.1, 0.15) is 5.76 Å². The second-order valence-corrected chi connectivity index (χ2v) is 7.44. The number of nitrogens with one attached hydrogen (secondary N) is 1. The first kappa shape index (κ1) is 15.8. The zero-order chi connectivity index (χ0) is 15.5. The highest BCUT2D eigenvalue weighted by Crippen LogP contribution is 2.32. The molecule has 0 radical (unpaired) electrons. The molecule has 0 spiro atoms. The third kappa shape index (κ3) is 3.83. The molecule has 0 aliphatic heterocycles. The molecule has 1 aromatic heterocycles. The normalized spacial score (nSPS) is 10.7. The second kappa shape index (κ2) is 7.02. The van der Waals surface area contributed by atoms with Crippen LogP contribution in [0.4, 0.5) is 5.69 Å². The van der Waals surface area contributed by atoms with Crippen molar-refractivity contribution in [2.45, 2.75) is 6.54 Å². The Morgan fingerprint density at radius 3 is 2.27 bits per heavy atom. The van der Waals surface area contributed by atoms with E-state index in [1.165, 1.54) is 0 Å². The van der Waals surface area contributed by atoms with Gasteiger partial charge in [-0.15, -0.1) is 0 Å². The van der Waals surface area contributed by atoms with Crippen LogP contribution >= 0.6 is 47.8 Å². The maximum absolute atomic E-state index is 5.92. The highest BCUT2D eigenvalue weighted by atomic mass is 79.9. The lowest BCUT2D eigenvalue weighted by Crippen LogP contribution is -1.97. The zero-order valence-electron chi connectivity index (χ0n) is 11.4. The van der Waals surface area contributed by atoms with Crippen molar-refractivity contribution >= 4 is 53.5 Å². The van der Waals surface area contributed by atoms with Crippen molar-refractivity contribution in [2.24, 2.45) is 0 Å². The van der Waals surface area contributed by atoms with Gasteiger partial charge in [0.05, 0.1) is 6.54 Å². The molecule has 3 rings (SSSR count). The van der Waals surface area contributed by atoms with Gasteiger partial charge < -0.3 is 9.73 Å². The minimum absolute atomic E-state index is 0.649. The molecular formula is C17H12Br3NO. The third-order valence-electron chi connectivity index (χ3n) is 3.17. The van der Waals surface area contributed by atoms with Gasteiger partial charge in [0, 0.05) is 24.7 Å². The van der Waals surface area contributed by atoms with Crippen LogP contribution in [0.5, 0.6) is 0 Å². The summed E-state index contributed by atoms with van der Waals surface area (Å²) in [5, 5.41) is 3.34. The Morgan fingerprint density at radius 2 is 1.55 bits per heavy atom. The summed E-state index contributed by atoms with van der Waals surface area (Å²) in [6.07, 6.45) is 0. The van der Waals surface area contributed by atoms with Crippen molar-refractivity contribution < 1.29 is 4.42 Å². The third-order valence-corrected chi connectivity index (χ3v) is 4.85. The molecule has 0 atom stereocenters. The van der Waals surface area contributed by atoms with Crippen molar-refractivity contribution in [3.63, 3.8) is 0 Å². The van der Waals surface area contributed by atoms with Crippen molar-refractivity contribution in [3.8, 4) is 11.3 Å². The lowest BCUT2D eigenvalue weighted by molar-refractivity contribution is 0.531. The Hall–Kier alpha value is -1.04. The number of rotatable bonds is 4. The SMILES string of the molecule is Brc1ccc(NCc2ccc(-c3ccc(Br)cc3Br)o2)cc1. The molecule has 0 aliphatic carbocycles. The number of hydrogen-bond donors (Lipinski definition) is 1. The summed E-state index contributed by atoms with van der Waals surface area (Å²) in [7, 11) is 0. The summed E-state index contributed by atoms with van der Waals surface area (Å²) in [5.74, 6) is 1.75. The summed E-state index contributed by atoms with van der Waals surface area (Å²) in [6, 6.07) is 18.1. The molecule has 0 saturated carbocycles. The summed E-state index contributed by atoms with van der Waals surface area (Å²) < 4.78 is 9.02. The van der Waals surface area contributed by atoms with Gasteiger partial charge in [0.2, 0.25) is 0 Å². The Labute approximate surface area is 154 Å². The van der Waals surface area contributed by atoms with E-state index in [0.29, 0.717) is 6.54 Å². The first-order valence-electron chi connectivity index (χ1n) is 6.65. The van der Waals surface area contributed by atoms with Gasteiger partial charge in [-0.05, 0) is 70.5 Å². The number of anilines is 1. The highest BCUT2D eigenvalue weighted by molar-refractivity contribution is 9.11. The molecular weight excluding hydrogens is 474 g/mol. The molecule has 0 amide bonds. The van der Waals surface area contributed by atoms with Crippen molar-refractivity contribution in [2.75, 3.05) is 5.32 Å². The van der Waals surface area contributed by atoms with Crippen LogP contribution in [0.15, 0.2) is 72.4 Å². The van der Waals surface area contributed by atoms with Crippen LogP contribution in [-0.4, -0.2) is 0 Å². The topological polar surface area (TPSA) is 25.2 Å². The van der Waals surface area contributed by atoms with Crippen molar-refractivity contribution in [1.29, 1.82) is 0 Å². The molecule has 0 fully saturated rings. The highest BCUT2D eigenvalue weighted by Gasteiger charge is 2.08. The van der Waals surface area contributed by atoms with Gasteiger partial charge in [-0.25, -0.2) is 0 Å². The summed E-state index contributed by atoms with van der Waals surface area (Å²) >= 11 is 10.4. The lowest BCUT2D eigenvalue weighted by Gasteiger charge is -2.05. The molecule has 0 saturated heterocycles. The van der Waals surface area contributed by atoms with Gasteiger partial charge in [-0.2, -0.15) is 0 Å². The monoisotopic (exact) mass is 483 g/mol. The molecule has 5 heteroatoms. The molecule has 112 valence electrons. The second-order valence-electron chi connectivity index (χ2n) is 4.75. The predicted molar refractivity (Wildman–Crippen MR) is 101 cm³/mol. The fourth-order valence-corrected chi connectivity index (χ4v) is 3.57. The van der Waals surface area contributed by atoms with Crippen LogP contribution in [0.3, 0.4) is 0 Å². The number of furan rings is 1. The van der Waals surface area contributed by atoms with E-state index in [1.54, 1.807) is 0 Å². The van der Waals surface area contributed by atoms with Crippen LogP contribution in [-0.2, 0) is 6.54 Å². The van der Waals surface area contributed by atoms with E-state index in [1.807, 2.05) is 54.6 Å². The van der Waals surface area contributed by atoms with Crippen LogP contribution in [0.2, 0.25) is 0 Å². The van der Waals surface area contributed by atoms with Crippen molar-refractivity contribution in [1.82, 2.24) is 0 Å². The molecule has 1 N–H and O–H groups in total. The van der Waals surface area contributed by atoms with E-state index in [-0.39, 0.29) is 0 Å². The summed E-state index contributed by atoms with van der Waals surface area (Å²) in [4.78, 5) is 0. The Balaban J connectivity index is 1.72. The Kier molecular flexibility index (Phi) is 5.06. The minimum atomic E-state index is 0.649. The number of benzene rings is 2. The summed E-state index contributed by atoms with van der Waals surface area (Å²) in [6.45, 7) is 0.649. The average molecular weight is 486 g/mol.